The van der Waals surface area contributed by atoms with Crippen molar-refractivity contribution in [3.63, 3.8) is 0 Å². The zero-order valence-corrected chi connectivity index (χ0v) is 14.0. The van der Waals surface area contributed by atoms with E-state index in [-0.39, 0.29) is 0 Å². The van der Waals surface area contributed by atoms with Gasteiger partial charge in [-0.2, -0.15) is 0 Å². The Bertz CT molecular complexity index is 645. The molecule has 0 saturated heterocycles. The van der Waals surface area contributed by atoms with Gasteiger partial charge in [0.15, 0.2) is 0 Å². The Morgan fingerprint density at radius 2 is 1.62 bits per heavy atom. The van der Waals surface area contributed by atoms with Crippen LogP contribution in [0.5, 0.6) is 0 Å². The Morgan fingerprint density at radius 1 is 0.958 bits per heavy atom. The molecule has 0 unspecified atom stereocenters. The highest BCUT2D eigenvalue weighted by Gasteiger charge is 2.22. The van der Waals surface area contributed by atoms with Crippen LogP contribution in [0.1, 0.15) is 47.2 Å². The number of aromatic carboxylic acids is 1. The van der Waals surface area contributed by atoms with Gasteiger partial charge in [-0.15, -0.1) is 0 Å². The maximum atomic E-state index is 11.0. The van der Waals surface area contributed by atoms with Gasteiger partial charge < -0.3 is 5.11 Å². The molecular weight excluding hydrogens is 298 g/mol. The largest absolute Gasteiger partial charge is 0.478 e. The van der Waals surface area contributed by atoms with Crippen LogP contribution in [-0.4, -0.2) is 28.6 Å². The highest BCUT2D eigenvalue weighted by Crippen LogP contribution is 2.25. The Balaban J connectivity index is 1.66. The summed E-state index contributed by atoms with van der Waals surface area (Å²) in [4.78, 5) is 13.6. The van der Waals surface area contributed by atoms with Gasteiger partial charge in [0.25, 0.3) is 0 Å². The number of rotatable bonds is 7. The fourth-order valence-corrected chi connectivity index (χ4v) is 3.56. The lowest BCUT2D eigenvalue weighted by Crippen LogP contribution is -2.34. The number of benzene rings is 2. The second-order valence-electron chi connectivity index (χ2n) is 6.65. The standard InChI is InChI=1S/C21H25NO2/c23-21(24)19-12-10-18(11-13-19)16-22(20-8-4-5-9-20)15-14-17-6-2-1-3-7-17/h1-3,6-7,10-13,20H,4-5,8-9,14-16H2,(H,23,24). The van der Waals surface area contributed by atoms with Gasteiger partial charge in [0.1, 0.15) is 0 Å². The van der Waals surface area contributed by atoms with Gasteiger partial charge in [-0.25, -0.2) is 4.79 Å². The minimum Gasteiger partial charge on any atom is -0.478 e. The first-order valence-corrected chi connectivity index (χ1v) is 8.82. The molecule has 1 saturated carbocycles. The van der Waals surface area contributed by atoms with Crippen LogP contribution in [0, 0.1) is 0 Å². The first kappa shape index (κ1) is 16.7. The molecule has 0 atom stereocenters. The summed E-state index contributed by atoms with van der Waals surface area (Å²) in [5, 5.41) is 9.03. The molecule has 1 aliphatic carbocycles. The van der Waals surface area contributed by atoms with Crippen molar-refractivity contribution >= 4 is 5.97 Å². The van der Waals surface area contributed by atoms with E-state index in [9.17, 15) is 4.79 Å². The molecule has 1 aliphatic rings. The maximum absolute atomic E-state index is 11.0. The van der Waals surface area contributed by atoms with Crippen molar-refractivity contribution in [3.8, 4) is 0 Å². The molecule has 2 aromatic rings. The van der Waals surface area contributed by atoms with Crippen molar-refractivity contribution in [3.05, 3.63) is 71.3 Å². The van der Waals surface area contributed by atoms with Crippen LogP contribution in [-0.2, 0) is 13.0 Å². The van der Waals surface area contributed by atoms with Gasteiger partial charge in [0.2, 0.25) is 0 Å². The van der Waals surface area contributed by atoms with Crippen LogP contribution >= 0.6 is 0 Å². The second-order valence-corrected chi connectivity index (χ2v) is 6.65. The van der Waals surface area contributed by atoms with Gasteiger partial charge >= 0.3 is 5.97 Å². The lowest BCUT2D eigenvalue weighted by molar-refractivity contribution is 0.0697. The normalized spacial score (nSPS) is 15.0. The predicted octanol–water partition coefficient (Wildman–Crippen LogP) is 4.37. The van der Waals surface area contributed by atoms with Crippen LogP contribution < -0.4 is 0 Å². The molecule has 3 rings (SSSR count). The molecule has 0 aromatic heterocycles. The van der Waals surface area contributed by atoms with Gasteiger partial charge in [-0.3, -0.25) is 4.90 Å². The molecule has 0 heterocycles. The summed E-state index contributed by atoms with van der Waals surface area (Å²) < 4.78 is 0. The van der Waals surface area contributed by atoms with Crippen LogP contribution in [0.3, 0.4) is 0 Å². The Kier molecular flexibility index (Phi) is 5.65. The average Bonchev–Trinajstić information content (AvgIpc) is 3.14. The van der Waals surface area contributed by atoms with Crippen LogP contribution in [0.2, 0.25) is 0 Å². The summed E-state index contributed by atoms with van der Waals surface area (Å²) in [7, 11) is 0. The molecule has 0 aliphatic heterocycles. The Morgan fingerprint density at radius 3 is 2.25 bits per heavy atom. The van der Waals surface area contributed by atoms with Crippen LogP contribution in [0.15, 0.2) is 54.6 Å². The van der Waals surface area contributed by atoms with Gasteiger partial charge in [-0.1, -0.05) is 55.3 Å². The molecule has 3 heteroatoms. The van der Waals surface area contributed by atoms with E-state index in [1.165, 1.54) is 36.8 Å². The van der Waals surface area contributed by atoms with Crippen molar-refractivity contribution in [2.75, 3.05) is 6.54 Å². The Hall–Kier alpha value is -2.13. The number of carboxylic acid groups (broad SMARTS) is 1. The number of nitrogens with zero attached hydrogens (tertiary/aromatic N) is 1. The van der Waals surface area contributed by atoms with E-state index in [4.69, 9.17) is 5.11 Å². The molecule has 0 bridgehead atoms. The van der Waals surface area contributed by atoms with E-state index in [0.717, 1.165) is 19.5 Å². The third-order valence-corrected chi connectivity index (χ3v) is 4.96. The topological polar surface area (TPSA) is 40.5 Å². The SMILES string of the molecule is O=C(O)c1ccc(CN(CCc2ccccc2)C2CCCC2)cc1. The number of carboxylic acids is 1. The number of carbonyl (C=O) groups is 1. The lowest BCUT2D eigenvalue weighted by atomic mass is 10.1. The van der Waals surface area contributed by atoms with Crippen LogP contribution in [0.25, 0.3) is 0 Å². The fourth-order valence-electron chi connectivity index (χ4n) is 3.56. The average molecular weight is 323 g/mol. The fraction of sp³-hybridized carbons (Fsp3) is 0.381. The highest BCUT2D eigenvalue weighted by molar-refractivity contribution is 5.87. The Labute approximate surface area is 143 Å². The van der Waals surface area contributed by atoms with Crippen molar-refractivity contribution in [2.24, 2.45) is 0 Å². The third-order valence-electron chi connectivity index (χ3n) is 4.96. The highest BCUT2D eigenvalue weighted by atomic mass is 16.4. The summed E-state index contributed by atoms with van der Waals surface area (Å²) >= 11 is 0. The van der Waals surface area contributed by atoms with Gasteiger partial charge in [0.05, 0.1) is 5.56 Å². The first-order chi connectivity index (χ1) is 11.7. The zero-order chi connectivity index (χ0) is 16.8. The van der Waals surface area contributed by atoms with Crippen molar-refractivity contribution in [2.45, 2.75) is 44.7 Å². The molecule has 3 nitrogen and oxygen atoms in total. The van der Waals surface area contributed by atoms with Crippen molar-refractivity contribution in [1.82, 2.24) is 4.90 Å². The molecule has 1 fully saturated rings. The van der Waals surface area contributed by atoms with E-state index in [0.29, 0.717) is 11.6 Å². The molecular formula is C21H25NO2. The summed E-state index contributed by atoms with van der Waals surface area (Å²) in [6, 6.07) is 18.6. The van der Waals surface area contributed by atoms with E-state index >= 15 is 0 Å². The minimum atomic E-state index is -0.863. The molecule has 0 amide bonds. The molecule has 2 aromatic carbocycles. The van der Waals surface area contributed by atoms with E-state index in [1.807, 2.05) is 12.1 Å². The summed E-state index contributed by atoms with van der Waals surface area (Å²) in [6.07, 6.45) is 6.27. The van der Waals surface area contributed by atoms with E-state index in [1.54, 1.807) is 12.1 Å². The van der Waals surface area contributed by atoms with Gasteiger partial charge in [0, 0.05) is 19.1 Å². The second kappa shape index (κ2) is 8.11. The zero-order valence-electron chi connectivity index (χ0n) is 14.0. The molecule has 0 spiro atoms. The summed E-state index contributed by atoms with van der Waals surface area (Å²) in [5.41, 5.74) is 2.93. The molecule has 0 radical (unpaired) electrons. The lowest BCUT2D eigenvalue weighted by Gasteiger charge is -2.29. The minimum absolute atomic E-state index is 0.357. The number of hydrogen-bond acceptors (Lipinski definition) is 2. The van der Waals surface area contributed by atoms with Crippen molar-refractivity contribution < 1.29 is 9.90 Å². The third kappa shape index (κ3) is 4.45. The monoisotopic (exact) mass is 323 g/mol. The van der Waals surface area contributed by atoms with E-state index in [2.05, 4.69) is 35.2 Å². The predicted molar refractivity (Wildman–Crippen MR) is 96.2 cm³/mol. The smallest absolute Gasteiger partial charge is 0.335 e. The molecule has 1 N–H and O–H groups in total. The maximum Gasteiger partial charge on any atom is 0.335 e. The quantitative estimate of drug-likeness (QED) is 0.822. The van der Waals surface area contributed by atoms with E-state index < -0.39 is 5.97 Å². The summed E-state index contributed by atoms with van der Waals surface area (Å²) in [5.74, 6) is -0.863. The summed E-state index contributed by atoms with van der Waals surface area (Å²) in [6.45, 7) is 1.95. The molecule has 126 valence electrons. The first-order valence-electron chi connectivity index (χ1n) is 8.82. The van der Waals surface area contributed by atoms with Crippen molar-refractivity contribution in [1.29, 1.82) is 0 Å². The van der Waals surface area contributed by atoms with Crippen LogP contribution in [0.4, 0.5) is 0 Å². The van der Waals surface area contributed by atoms with Gasteiger partial charge in [-0.05, 0) is 42.5 Å². The number of hydrogen-bond donors (Lipinski definition) is 1. The molecule has 24 heavy (non-hydrogen) atoms.